The smallest absolute Gasteiger partial charge is 0.183 e. The summed E-state index contributed by atoms with van der Waals surface area (Å²) in [4.78, 5) is 2.55. The van der Waals surface area contributed by atoms with Gasteiger partial charge in [-0.3, -0.25) is 4.90 Å². The molecule has 2 fully saturated rings. The average Bonchev–Trinajstić information content (AvgIpc) is 2.91. The Labute approximate surface area is 131 Å². The summed E-state index contributed by atoms with van der Waals surface area (Å²) in [7, 11) is 0. The van der Waals surface area contributed by atoms with Crippen LogP contribution in [0.4, 0.5) is 0 Å². The van der Waals surface area contributed by atoms with Crippen LogP contribution < -0.4 is 5.32 Å². The predicted octanol–water partition coefficient (Wildman–Crippen LogP) is 3.77. The van der Waals surface area contributed by atoms with E-state index in [0.717, 1.165) is 33.9 Å². The average molecular weight is 392 g/mol. The van der Waals surface area contributed by atoms with Gasteiger partial charge in [0.1, 0.15) is 5.76 Å². The van der Waals surface area contributed by atoms with Crippen molar-refractivity contribution in [2.45, 2.75) is 38.3 Å². The summed E-state index contributed by atoms with van der Waals surface area (Å²) in [5, 5.41) is 3.59. The van der Waals surface area contributed by atoms with Crippen LogP contribution in [0.15, 0.2) is 19.6 Å². The van der Waals surface area contributed by atoms with Crippen molar-refractivity contribution in [3.05, 3.63) is 21.0 Å². The van der Waals surface area contributed by atoms with Gasteiger partial charge in [0.15, 0.2) is 4.67 Å². The van der Waals surface area contributed by atoms with E-state index in [4.69, 9.17) is 4.42 Å². The fourth-order valence-electron chi connectivity index (χ4n) is 2.78. The van der Waals surface area contributed by atoms with Gasteiger partial charge in [-0.2, -0.15) is 0 Å². The molecule has 0 bridgehead atoms. The van der Waals surface area contributed by atoms with Crippen molar-refractivity contribution in [2.24, 2.45) is 5.92 Å². The van der Waals surface area contributed by atoms with Gasteiger partial charge in [0.25, 0.3) is 0 Å². The van der Waals surface area contributed by atoms with E-state index in [0.29, 0.717) is 6.04 Å². The summed E-state index contributed by atoms with van der Waals surface area (Å²) in [6, 6.07) is 2.74. The molecule has 1 aromatic heterocycles. The molecule has 3 rings (SSSR count). The molecule has 2 heterocycles. The third-order valence-electron chi connectivity index (χ3n) is 3.93. The van der Waals surface area contributed by atoms with Crippen LogP contribution in [0.25, 0.3) is 0 Å². The first-order chi connectivity index (χ1) is 9.20. The minimum absolute atomic E-state index is 0.667. The number of nitrogens with one attached hydrogen (secondary N) is 1. The van der Waals surface area contributed by atoms with Crippen molar-refractivity contribution in [3.8, 4) is 0 Å². The standard InChI is InChI=1S/C14H20Br2N2O/c15-13-6-12(19-14(13)16)9-18(7-10-3-4-10)8-11-2-1-5-17-11/h6,10-11,17H,1-5,7-9H2. The Morgan fingerprint density at radius 3 is 2.68 bits per heavy atom. The van der Waals surface area contributed by atoms with Crippen LogP contribution in [0.2, 0.25) is 0 Å². The van der Waals surface area contributed by atoms with E-state index in [1.54, 1.807) is 0 Å². The zero-order valence-corrected chi connectivity index (χ0v) is 14.2. The first-order valence-corrected chi connectivity index (χ1v) is 8.69. The van der Waals surface area contributed by atoms with Gasteiger partial charge in [-0.25, -0.2) is 0 Å². The van der Waals surface area contributed by atoms with Crippen LogP contribution in [0, 0.1) is 5.92 Å². The minimum atomic E-state index is 0.667. The van der Waals surface area contributed by atoms with Crippen molar-refractivity contribution >= 4 is 31.9 Å². The second-order valence-electron chi connectivity index (χ2n) is 5.77. The van der Waals surface area contributed by atoms with Crippen molar-refractivity contribution in [1.82, 2.24) is 10.2 Å². The molecule has 1 unspecified atom stereocenters. The zero-order valence-electron chi connectivity index (χ0n) is 11.0. The lowest BCUT2D eigenvalue weighted by Crippen LogP contribution is -2.38. The van der Waals surface area contributed by atoms with Crippen molar-refractivity contribution in [2.75, 3.05) is 19.6 Å². The van der Waals surface area contributed by atoms with Crippen molar-refractivity contribution in [1.29, 1.82) is 0 Å². The SMILES string of the molecule is Brc1cc(CN(CC2CC2)CC2CCCN2)oc1Br. The molecule has 0 radical (unpaired) electrons. The Bertz CT molecular complexity index is 406. The molecule has 1 saturated heterocycles. The highest BCUT2D eigenvalue weighted by atomic mass is 79.9. The van der Waals surface area contributed by atoms with Crippen LogP contribution >= 0.6 is 31.9 Å². The highest BCUT2D eigenvalue weighted by Gasteiger charge is 2.27. The van der Waals surface area contributed by atoms with E-state index >= 15 is 0 Å². The Balaban J connectivity index is 1.60. The Hall–Kier alpha value is 0.160. The summed E-state index contributed by atoms with van der Waals surface area (Å²) < 4.78 is 7.53. The number of hydrogen-bond donors (Lipinski definition) is 1. The highest BCUT2D eigenvalue weighted by molar-refractivity contribution is 9.13. The van der Waals surface area contributed by atoms with Gasteiger partial charge in [-0.15, -0.1) is 0 Å². The second kappa shape index (κ2) is 6.29. The van der Waals surface area contributed by atoms with Crippen LogP contribution in [-0.2, 0) is 6.54 Å². The maximum absolute atomic E-state index is 5.72. The van der Waals surface area contributed by atoms with Gasteiger partial charge in [0.2, 0.25) is 0 Å². The van der Waals surface area contributed by atoms with E-state index in [1.165, 1.54) is 38.8 Å². The monoisotopic (exact) mass is 390 g/mol. The summed E-state index contributed by atoms with van der Waals surface area (Å²) in [5.41, 5.74) is 0. The molecule has 106 valence electrons. The van der Waals surface area contributed by atoms with Crippen molar-refractivity contribution < 1.29 is 4.42 Å². The van der Waals surface area contributed by atoms with Gasteiger partial charge < -0.3 is 9.73 Å². The summed E-state index contributed by atoms with van der Waals surface area (Å²) in [6.45, 7) is 4.46. The van der Waals surface area contributed by atoms with E-state index in [-0.39, 0.29) is 0 Å². The van der Waals surface area contributed by atoms with Gasteiger partial charge >= 0.3 is 0 Å². The largest absolute Gasteiger partial charge is 0.452 e. The molecule has 0 amide bonds. The fraction of sp³-hybridized carbons (Fsp3) is 0.714. The quantitative estimate of drug-likeness (QED) is 0.799. The summed E-state index contributed by atoms with van der Waals surface area (Å²) >= 11 is 6.90. The highest BCUT2D eigenvalue weighted by Crippen LogP contribution is 2.32. The number of rotatable bonds is 6. The molecule has 1 aliphatic heterocycles. The summed E-state index contributed by atoms with van der Waals surface area (Å²) in [6.07, 6.45) is 5.44. The molecular weight excluding hydrogens is 372 g/mol. The van der Waals surface area contributed by atoms with Crippen LogP contribution in [0.1, 0.15) is 31.4 Å². The first kappa shape index (κ1) is 14.1. The Morgan fingerprint density at radius 2 is 2.11 bits per heavy atom. The molecule has 1 aliphatic carbocycles. The molecule has 5 heteroatoms. The fourth-order valence-corrected chi connectivity index (χ4v) is 3.44. The normalized spacial score (nSPS) is 23.4. The number of furan rings is 1. The third kappa shape index (κ3) is 4.06. The number of hydrogen-bond acceptors (Lipinski definition) is 3. The van der Waals surface area contributed by atoms with Gasteiger partial charge in [-0.1, -0.05) is 0 Å². The molecular formula is C14H20Br2N2O. The molecule has 1 N–H and O–H groups in total. The molecule has 0 spiro atoms. The topological polar surface area (TPSA) is 28.4 Å². The Morgan fingerprint density at radius 1 is 1.26 bits per heavy atom. The molecule has 3 nitrogen and oxygen atoms in total. The van der Waals surface area contributed by atoms with Gasteiger partial charge in [0, 0.05) is 19.1 Å². The lowest BCUT2D eigenvalue weighted by atomic mass is 10.2. The van der Waals surface area contributed by atoms with Crippen LogP contribution in [0.5, 0.6) is 0 Å². The molecule has 2 aliphatic rings. The van der Waals surface area contributed by atoms with Gasteiger partial charge in [-0.05, 0) is 76.1 Å². The summed E-state index contributed by atoms with van der Waals surface area (Å²) in [5.74, 6) is 1.96. The molecule has 1 saturated carbocycles. The predicted molar refractivity (Wildman–Crippen MR) is 83.1 cm³/mol. The van der Waals surface area contributed by atoms with E-state index in [9.17, 15) is 0 Å². The lowest BCUT2D eigenvalue weighted by molar-refractivity contribution is 0.214. The first-order valence-electron chi connectivity index (χ1n) is 7.10. The maximum Gasteiger partial charge on any atom is 0.183 e. The molecule has 1 aromatic rings. The van der Waals surface area contributed by atoms with Gasteiger partial charge in [0.05, 0.1) is 11.0 Å². The minimum Gasteiger partial charge on any atom is -0.452 e. The Kier molecular flexibility index (Phi) is 4.67. The zero-order chi connectivity index (χ0) is 13.2. The maximum atomic E-state index is 5.72. The van der Waals surface area contributed by atoms with E-state index < -0.39 is 0 Å². The molecule has 1 atom stereocenters. The van der Waals surface area contributed by atoms with E-state index in [2.05, 4.69) is 48.1 Å². The number of halogens is 2. The molecule has 19 heavy (non-hydrogen) atoms. The van der Waals surface area contributed by atoms with Crippen LogP contribution in [-0.4, -0.2) is 30.6 Å². The molecule has 0 aromatic carbocycles. The number of nitrogens with zero attached hydrogens (tertiary/aromatic N) is 1. The lowest BCUT2D eigenvalue weighted by Gasteiger charge is -2.24. The van der Waals surface area contributed by atoms with E-state index in [1.807, 2.05) is 0 Å². The van der Waals surface area contributed by atoms with Crippen molar-refractivity contribution in [3.63, 3.8) is 0 Å². The third-order valence-corrected chi connectivity index (χ3v) is 5.64. The van der Waals surface area contributed by atoms with Crippen LogP contribution in [0.3, 0.4) is 0 Å². The second-order valence-corrected chi connectivity index (χ2v) is 7.34.